The van der Waals surface area contributed by atoms with E-state index < -0.39 is 0 Å². The van der Waals surface area contributed by atoms with Gasteiger partial charge in [-0.05, 0) is 32.5 Å². The van der Waals surface area contributed by atoms with Crippen LogP contribution in [0.4, 0.5) is 0 Å². The Balaban J connectivity index is 2.19. The van der Waals surface area contributed by atoms with Crippen LogP contribution in [0, 0.1) is 6.92 Å². The van der Waals surface area contributed by atoms with Gasteiger partial charge in [-0.2, -0.15) is 0 Å². The molecule has 1 amide bonds. The number of carbonyl (C=O) groups excluding carboxylic acids is 1. The molecule has 1 heterocycles. The summed E-state index contributed by atoms with van der Waals surface area (Å²) in [5, 5.41) is 2.85. The first kappa shape index (κ1) is 14.7. The number of nitrogens with zero attached hydrogens (tertiary/aromatic N) is 1. The number of likely N-dealkylation sites (N-methyl/N-ethyl adjacent to an activating group) is 1. The van der Waals surface area contributed by atoms with Crippen molar-refractivity contribution < 1.29 is 13.9 Å². The van der Waals surface area contributed by atoms with Crippen LogP contribution in [0.25, 0.3) is 0 Å². The van der Waals surface area contributed by atoms with Gasteiger partial charge in [0.2, 0.25) is 5.91 Å². The van der Waals surface area contributed by atoms with Crippen LogP contribution in [0.2, 0.25) is 0 Å². The molecule has 0 aliphatic rings. The van der Waals surface area contributed by atoms with Gasteiger partial charge in [-0.25, -0.2) is 0 Å². The molecule has 0 bridgehead atoms. The summed E-state index contributed by atoms with van der Waals surface area (Å²) in [6, 6.07) is 3.86. The van der Waals surface area contributed by atoms with Crippen LogP contribution < -0.4 is 5.32 Å². The van der Waals surface area contributed by atoms with Crippen molar-refractivity contribution >= 4 is 5.91 Å². The summed E-state index contributed by atoms with van der Waals surface area (Å²) >= 11 is 0. The second-order valence-electron chi connectivity index (χ2n) is 4.38. The molecule has 0 unspecified atom stereocenters. The number of furan rings is 1. The van der Waals surface area contributed by atoms with Crippen molar-refractivity contribution in [1.82, 2.24) is 10.2 Å². The maximum Gasteiger partial charge on any atom is 0.234 e. The summed E-state index contributed by atoms with van der Waals surface area (Å²) in [6.45, 7) is 4.24. The molecule has 0 aliphatic heterocycles. The molecule has 0 aromatic carbocycles. The standard InChI is InChI=1S/C13H22N2O3/c1-11-5-6-12(18-11)9-15(2)10-13(16)14-7-4-8-17-3/h5-6H,4,7-10H2,1-3H3,(H,14,16). The van der Waals surface area contributed by atoms with Crippen LogP contribution in [0.5, 0.6) is 0 Å². The van der Waals surface area contributed by atoms with E-state index in [2.05, 4.69) is 5.32 Å². The molecule has 0 radical (unpaired) electrons. The van der Waals surface area contributed by atoms with Crippen molar-refractivity contribution in [1.29, 1.82) is 0 Å². The van der Waals surface area contributed by atoms with E-state index in [-0.39, 0.29) is 5.91 Å². The minimum atomic E-state index is 0.0249. The van der Waals surface area contributed by atoms with E-state index in [9.17, 15) is 4.79 Å². The SMILES string of the molecule is COCCCNC(=O)CN(C)Cc1ccc(C)o1. The van der Waals surface area contributed by atoms with E-state index in [1.54, 1.807) is 7.11 Å². The molecule has 5 heteroatoms. The second-order valence-corrected chi connectivity index (χ2v) is 4.38. The molecule has 18 heavy (non-hydrogen) atoms. The number of hydrogen-bond acceptors (Lipinski definition) is 4. The number of amides is 1. The average molecular weight is 254 g/mol. The molecule has 102 valence electrons. The van der Waals surface area contributed by atoms with Crippen LogP contribution in [-0.4, -0.2) is 44.7 Å². The van der Waals surface area contributed by atoms with E-state index in [0.29, 0.717) is 26.2 Å². The Labute approximate surface area is 108 Å². The van der Waals surface area contributed by atoms with Crippen molar-refractivity contribution in [3.8, 4) is 0 Å². The lowest BCUT2D eigenvalue weighted by molar-refractivity contribution is -0.122. The third kappa shape index (κ3) is 5.84. The molecule has 0 fully saturated rings. The summed E-state index contributed by atoms with van der Waals surface area (Å²) in [6.07, 6.45) is 0.837. The Hall–Kier alpha value is -1.33. The second kappa shape index (κ2) is 7.89. The summed E-state index contributed by atoms with van der Waals surface area (Å²) in [4.78, 5) is 13.5. The monoisotopic (exact) mass is 254 g/mol. The highest BCUT2D eigenvalue weighted by atomic mass is 16.5. The van der Waals surface area contributed by atoms with E-state index in [1.165, 1.54) is 0 Å². The van der Waals surface area contributed by atoms with E-state index in [1.807, 2.05) is 31.0 Å². The summed E-state index contributed by atoms with van der Waals surface area (Å²) in [5.41, 5.74) is 0. The summed E-state index contributed by atoms with van der Waals surface area (Å²) < 4.78 is 10.4. The maximum atomic E-state index is 11.6. The van der Waals surface area contributed by atoms with Gasteiger partial charge in [-0.15, -0.1) is 0 Å². The molecule has 0 saturated heterocycles. The Morgan fingerprint density at radius 1 is 1.50 bits per heavy atom. The lowest BCUT2D eigenvalue weighted by atomic mass is 10.4. The fourth-order valence-corrected chi connectivity index (χ4v) is 1.64. The molecular weight excluding hydrogens is 232 g/mol. The lowest BCUT2D eigenvalue weighted by Crippen LogP contribution is -2.35. The number of carbonyl (C=O) groups is 1. The van der Waals surface area contributed by atoms with Crippen LogP contribution in [0.15, 0.2) is 16.5 Å². The Kier molecular flexibility index (Phi) is 6.46. The van der Waals surface area contributed by atoms with Crippen LogP contribution >= 0.6 is 0 Å². The van der Waals surface area contributed by atoms with Crippen molar-refractivity contribution in [2.45, 2.75) is 19.9 Å². The van der Waals surface area contributed by atoms with Gasteiger partial charge in [0, 0.05) is 20.3 Å². The fourth-order valence-electron chi connectivity index (χ4n) is 1.64. The van der Waals surface area contributed by atoms with Gasteiger partial charge in [0.25, 0.3) is 0 Å². The maximum absolute atomic E-state index is 11.6. The minimum Gasteiger partial charge on any atom is -0.465 e. The molecule has 1 rings (SSSR count). The molecular formula is C13H22N2O3. The zero-order valence-electron chi connectivity index (χ0n) is 11.4. The molecule has 0 saturated carbocycles. The fraction of sp³-hybridized carbons (Fsp3) is 0.615. The number of hydrogen-bond donors (Lipinski definition) is 1. The van der Waals surface area contributed by atoms with E-state index in [4.69, 9.17) is 9.15 Å². The van der Waals surface area contributed by atoms with Crippen molar-refractivity contribution in [2.24, 2.45) is 0 Å². The first-order chi connectivity index (χ1) is 8.61. The number of rotatable bonds is 8. The third-order valence-corrected chi connectivity index (χ3v) is 2.48. The molecule has 0 spiro atoms. The largest absolute Gasteiger partial charge is 0.465 e. The van der Waals surface area contributed by atoms with Crippen molar-refractivity contribution in [2.75, 3.05) is 33.9 Å². The van der Waals surface area contributed by atoms with E-state index in [0.717, 1.165) is 17.9 Å². The molecule has 1 N–H and O–H groups in total. The van der Waals surface area contributed by atoms with Crippen LogP contribution in [0.1, 0.15) is 17.9 Å². The van der Waals surface area contributed by atoms with Crippen LogP contribution in [-0.2, 0) is 16.1 Å². The summed E-state index contributed by atoms with van der Waals surface area (Å²) in [5.74, 6) is 1.79. The first-order valence-electron chi connectivity index (χ1n) is 6.11. The highest BCUT2D eigenvalue weighted by Gasteiger charge is 2.08. The van der Waals surface area contributed by atoms with Gasteiger partial charge in [0.15, 0.2) is 0 Å². The Bertz CT molecular complexity index is 363. The molecule has 1 aromatic rings. The lowest BCUT2D eigenvalue weighted by Gasteiger charge is -2.14. The van der Waals surface area contributed by atoms with Gasteiger partial charge in [0.1, 0.15) is 11.5 Å². The zero-order chi connectivity index (χ0) is 13.4. The predicted molar refractivity (Wildman–Crippen MR) is 69.3 cm³/mol. The quantitative estimate of drug-likeness (QED) is 0.708. The highest BCUT2D eigenvalue weighted by molar-refractivity contribution is 5.77. The molecule has 0 aliphatic carbocycles. The Morgan fingerprint density at radius 2 is 2.28 bits per heavy atom. The van der Waals surface area contributed by atoms with Gasteiger partial charge in [-0.1, -0.05) is 0 Å². The van der Waals surface area contributed by atoms with Gasteiger partial charge in [-0.3, -0.25) is 9.69 Å². The average Bonchev–Trinajstić information content (AvgIpc) is 2.70. The summed E-state index contributed by atoms with van der Waals surface area (Å²) in [7, 11) is 3.55. The van der Waals surface area contributed by atoms with E-state index >= 15 is 0 Å². The molecule has 1 aromatic heterocycles. The molecule has 5 nitrogen and oxygen atoms in total. The van der Waals surface area contributed by atoms with Crippen LogP contribution in [0.3, 0.4) is 0 Å². The predicted octanol–water partition coefficient (Wildman–Crippen LogP) is 1.17. The highest BCUT2D eigenvalue weighted by Crippen LogP contribution is 2.08. The molecule has 0 atom stereocenters. The first-order valence-corrected chi connectivity index (χ1v) is 6.11. The number of methoxy groups -OCH3 is 1. The topological polar surface area (TPSA) is 54.7 Å². The van der Waals surface area contributed by atoms with Gasteiger partial charge >= 0.3 is 0 Å². The number of aryl methyl sites for hydroxylation is 1. The number of ether oxygens (including phenoxy) is 1. The van der Waals surface area contributed by atoms with Gasteiger partial charge < -0.3 is 14.5 Å². The zero-order valence-corrected chi connectivity index (χ0v) is 11.4. The van der Waals surface area contributed by atoms with Gasteiger partial charge in [0.05, 0.1) is 13.1 Å². The smallest absolute Gasteiger partial charge is 0.234 e. The minimum absolute atomic E-state index is 0.0249. The van der Waals surface area contributed by atoms with Crippen molar-refractivity contribution in [3.05, 3.63) is 23.7 Å². The normalized spacial score (nSPS) is 10.9. The third-order valence-electron chi connectivity index (χ3n) is 2.48. The van der Waals surface area contributed by atoms with Crippen molar-refractivity contribution in [3.63, 3.8) is 0 Å². The Morgan fingerprint density at radius 3 is 2.89 bits per heavy atom. The number of nitrogens with one attached hydrogen (secondary N) is 1.